The zero-order valence-corrected chi connectivity index (χ0v) is 10.9. The van der Waals surface area contributed by atoms with Gasteiger partial charge in [-0.1, -0.05) is 30.3 Å². The number of benzene rings is 1. The van der Waals surface area contributed by atoms with E-state index in [-0.39, 0.29) is 11.7 Å². The van der Waals surface area contributed by atoms with Crippen LogP contribution in [-0.2, 0) is 9.53 Å². The molecule has 6 heteroatoms. The number of carbonyl (C=O) groups is 1. The van der Waals surface area contributed by atoms with E-state index in [1.54, 1.807) is 13.1 Å². The highest BCUT2D eigenvalue weighted by atomic mass is 32.1. The summed E-state index contributed by atoms with van der Waals surface area (Å²) in [6, 6.07) is 9.44. The molecule has 0 radical (unpaired) electrons. The summed E-state index contributed by atoms with van der Waals surface area (Å²) in [5.41, 5.74) is 6.37. The normalized spacial score (nSPS) is 10.3. The van der Waals surface area contributed by atoms with Crippen LogP contribution in [0.25, 0.3) is 0 Å². The van der Waals surface area contributed by atoms with Gasteiger partial charge in [0.2, 0.25) is 0 Å². The molecule has 0 aliphatic rings. The van der Waals surface area contributed by atoms with Crippen LogP contribution in [0.15, 0.2) is 35.4 Å². The largest absolute Gasteiger partial charge is 0.465 e. The zero-order chi connectivity index (χ0) is 13.4. The molecule has 0 heterocycles. The predicted molar refractivity (Wildman–Crippen MR) is 74.2 cm³/mol. The zero-order valence-electron chi connectivity index (χ0n) is 10.1. The van der Waals surface area contributed by atoms with Crippen LogP contribution in [0.1, 0.15) is 12.5 Å². The third kappa shape index (κ3) is 4.92. The van der Waals surface area contributed by atoms with Crippen LogP contribution >= 0.6 is 12.2 Å². The monoisotopic (exact) mass is 265 g/mol. The van der Waals surface area contributed by atoms with Gasteiger partial charge in [-0.15, -0.1) is 0 Å². The SMILES string of the molecule is CCOC(=O)CN(/N=C/c1ccccc1)C(N)=S. The second kappa shape index (κ2) is 7.39. The van der Waals surface area contributed by atoms with Gasteiger partial charge in [0.05, 0.1) is 12.8 Å². The quantitative estimate of drug-likeness (QED) is 0.374. The van der Waals surface area contributed by atoms with E-state index in [4.69, 9.17) is 22.7 Å². The maximum atomic E-state index is 11.3. The van der Waals surface area contributed by atoms with Crippen molar-refractivity contribution in [2.75, 3.05) is 13.2 Å². The second-order valence-corrected chi connectivity index (χ2v) is 3.77. The minimum absolute atomic E-state index is 0.0234. The maximum Gasteiger partial charge on any atom is 0.327 e. The molecule has 1 rings (SSSR count). The van der Waals surface area contributed by atoms with Gasteiger partial charge in [-0.2, -0.15) is 5.10 Å². The first-order chi connectivity index (χ1) is 8.63. The molecule has 96 valence electrons. The number of hydrogen-bond donors (Lipinski definition) is 1. The van der Waals surface area contributed by atoms with Crippen molar-refractivity contribution >= 4 is 29.5 Å². The molecule has 2 N–H and O–H groups in total. The number of hydrogen-bond acceptors (Lipinski definition) is 4. The highest BCUT2D eigenvalue weighted by Crippen LogP contribution is 1.97. The molecule has 0 unspecified atom stereocenters. The minimum Gasteiger partial charge on any atom is -0.465 e. The molecular weight excluding hydrogens is 250 g/mol. The van der Waals surface area contributed by atoms with E-state index in [0.29, 0.717) is 6.61 Å². The summed E-state index contributed by atoms with van der Waals surface area (Å²) in [6.07, 6.45) is 1.58. The molecule has 0 spiro atoms. The molecule has 5 nitrogen and oxygen atoms in total. The number of rotatable bonds is 5. The first-order valence-corrected chi connectivity index (χ1v) is 5.86. The number of carbonyl (C=O) groups excluding carboxylic acids is 1. The van der Waals surface area contributed by atoms with Crippen LogP contribution in [0.2, 0.25) is 0 Å². The molecular formula is C12H15N3O2S. The van der Waals surface area contributed by atoms with Gasteiger partial charge < -0.3 is 10.5 Å². The molecule has 0 amide bonds. The maximum absolute atomic E-state index is 11.3. The van der Waals surface area contributed by atoms with Gasteiger partial charge in [-0.25, -0.2) is 5.01 Å². The van der Waals surface area contributed by atoms with Crippen molar-refractivity contribution in [1.82, 2.24) is 5.01 Å². The summed E-state index contributed by atoms with van der Waals surface area (Å²) in [6.45, 7) is 1.95. The number of hydrazone groups is 1. The summed E-state index contributed by atoms with van der Waals surface area (Å²) < 4.78 is 4.80. The summed E-state index contributed by atoms with van der Waals surface area (Å²) in [5, 5.41) is 5.30. The van der Waals surface area contributed by atoms with Gasteiger partial charge >= 0.3 is 5.97 Å². The van der Waals surface area contributed by atoms with Crippen molar-refractivity contribution in [3.8, 4) is 0 Å². The molecule has 0 aliphatic carbocycles. The lowest BCUT2D eigenvalue weighted by Crippen LogP contribution is -2.36. The van der Waals surface area contributed by atoms with E-state index in [9.17, 15) is 4.79 Å². The molecule has 0 bridgehead atoms. The molecule has 0 saturated heterocycles. The fourth-order valence-electron chi connectivity index (χ4n) is 1.18. The molecule has 1 aromatic carbocycles. The third-order valence-corrected chi connectivity index (χ3v) is 2.20. The van der Waals surface area contributed by atoms with E-state index >= 15 is 0 Å². The minimum atomic E-state index is -0.421. The fourth-order valence-corrected chi connectivity index (χ4v) is 1.29. The van der Waals surface area contributed by atoms with Crippen molar-refractivity contribution < 1.29 is 9.53 Å². The Morgan fingerprint density at radius 2 is 2.17 bits per heavy atom. The number of thiocarbonyl (C=S) groups is 1. The average molecular weight is 265 g/mol. The molecule has 0 atom stereocenters. The van der Waals surface area contributed by atoms with Gasteiger partial charge in [0.25, 0.3) is 0 Å². The molecule has 0 aliphatic heterocycles. The molecule has 0 fully saturated rings. The number of nitrogens with zero attached hydrogens (tertiary/aromatic N) is 2. The Hall–Kier alpha value is -1.95. The highest BCUT2D eigenvalue weighted by Gasteiger charge is 2.11. The van der Waals surface area contributed by atoms with Crippen LogP contribution in [0.5, 0.6) is 0 Å². The number of ether oxygens (including phenoxy) is 1. The van der Waals surface area contributed by atoms with Gasteiger partial charge in [0, 0.05) is 0 Å². The van der Waals surface area contributed by atoms with Crippen LogP contribution in [-0.4, -0.2) is 35.5 Å². The summed E-state index contributed by atoms with van der Waals surface area (Å²) in [7, 11) is 0. The topological polar surface area (TPSA) is 67.9 Å². The van der Waals surface area contributed by atoms with Crippen LogP contribution < -0.4 is 5.73 Å². The lowest BCUT2D eigenvalue weighted by molar-refractivity contribution is -0.143. The van der Waals surface area contributed by atoms with E-state index < -0.39 is 5.97 Å². The molecule has 18 heavy (non-hydrogen) atoms. The van der Waals surface area contributed by atoms with E-state index in [1.165, 1.54) is 5.01 Å². The average Bonchev–Trinajstić information content (AvgIpc) is 2.35. The van der Waals surface area contributed by atoms with Crippen molar-refractivity contribution in [2.45, 2.75) is 6.92 Å². The highest BCUT2D eigenvalue weighted by molar-refractivity contribution is 7.80. The van der Waals surface area contributed by atoms with E-state index in [2.05, 4.69) is 5.10 Å². The second-order valence-electron chi connectivity index (χ2n) is 3.36. The Morgan fingerprint density at radius 3 is 2.72 bits per heavy atom. The summed E-state index contributed by atoms with van der Waals surface area (Å²) in [4.78, 5) is 11.3. The third-order valence-electron chi connectivity index (χ3n) is 1.98. The lowest BCUT2D eigenvalue weighted by Gasteiger charge is -2.15. The van der Waals surface area contributed by atoms with Crippen molar-refractivity contribution in [3.63, 3.8) is 0 Å². The Balaban J connectivity index is 2.66. The van der Waals surface area contributed by atoms with E-state index in [1.807, 2.05) is 30.3 Å². The number of esters is 1. The lowest BCUT2D eigenvalue weighted by atomic mass is 10.2. The Labute approximate surface area is 111 Å². The Kier molecular flexibility index (Phi) is 5.79. The smallest absolute Gasteiger partial charge is 0.327 e. The molecule has 0 saturated carbocycles. The molecule has 0 aromatic heterocycles. The number of nitrogens with two attached hydrogens (primary N) is 1. The van der Waals surface area contributed by atoms with Crippen molar-refractivity contribution in [3.05, 3.63) is 35.9 Å². The Morgan fingerprint density at radius 1 is 1.50 bits per heavy atom. The van der Waals surface area contributed by atoms with Crippen LogP contribution in [0, 0.1) is 0 Å². The van der Waals surface area contributed by atoms with Gasteiger partial charge in [0.1, 0.15) is 6.54 Å². The van der Waals surface area contributed by atoms with E-state index in [0.717, 1.165) is 5.56 Å². The fraction of sp³-hybridized carbons (Fsp3) is 0.250. The first-order valence-electron chi connectivity index (χ1n) is 5.45. The van der Waals surface area contributed by atoms with Crippen LogP contribution in [0.3, 0.4) is 0 Å². The van der Waals surface area contributed by atoms with Gasteiger partial charge in [0.15, 0.2) is 5.11 Å². The Bertz CT molecular complexity index is 434. The molecule has 1 aromatic rings. The summed E-state index contributed by atoms with van der Waals surface area (Å²) >= 11 is 4.82. The van der Waals surface area contributed by atoms with Gasteiger partial charge in [-0.05, 0) is 24.7 Å². The van der Waals surface area contributed by atoms with Crippen molar-refractivity contribution in [2.24, 2.45) is 10.8 Å². The summed E-state index contributed by atoms with van der Waals surface area (Å²) in [5.74, 6) is -0.421. The van der Waals surface area contributed by atoms with Crippen LogP contribution in [0.4, 0.5) is 0 Å². The van der Waals surface area contributed by atoms with Gasteiger partial charge in [-0.3, -0.25) is 4.79 Å². The predicted octanol–water partition coefficient (Wildman–Crippen LogP) is 1.13. The standard InChI is InChI=1S/C12H15N3O2S/c1-2-17-11(16)9-15(12(13)18)14-8-10-6-4-3-5-7-10/h3-8H,2,9H2,1H3,(H2,13,18)/b14-8+. The van der Waals surface area contributed by atoms with Crippen molar-refractivity contribution in [1.29, 1.82) is 0 Å². The first kappa shape index (κ1) is 14.1.